The van der Waals surface area contributed by atoms with Crippen LogP contribution in [0, 0.1) is 0 Å². The molecule has 3 N–H and O–H groups in total. The van der Waals surface area contributed by atoms with Gasteiger partial charge in [0.15, 0.2) is 0 Å². The third-order valence-corrected chi connectivity index (χ3v) is 3.43. The van der Waals surface area contributed by atoms with Gasteiger partial charge in [0, 0.05) is 18.1 Å². The third-order valence-electron chi connectivity index (χ3n) is 3.43. The molecule has 2 nitrogen and oxygen atoms in total. The summed E-state index contributed by atoms with van der Waals surface area (Å²) in [6.45, 7) is 5.56. The van der Waals surface area contributed by atoms with Gasteiger partial charge in [0.1, 0.15) is 0 Å². The van der Waals surface area contributed by atoms with Gasteiger partial charge < -0.3 is 11.1 Å². The van der Waals surface area contributed by atoms with Crippen LogP contribution in [0.3, 0.4) is 0 Å². The van der Waals surface area contributed by atoms with Crippen molar-refractivity contribution in [2.75, 3.05) is 6.54 Å². The normalized spacial score (nSPS) is 22.5. The van der Waals surface area contributed by atoms with Gasteiger partial charge in [-0.05, 0) is 26.2 Å². The zero-order valence-corrected chi connectivity index (χ0v) is 9.81. The molecule has 84 valence electrons. The van der Waals surface area contributed by atoms with E-state index in [4.69, 9.17) is 5.73 Å². The van der Waals surface area contributed by atoms with E-state index in [0.29, 0.717) is 11.6 Å². The minimum atomic E-state index is 0.354. The molecule has 1 rings (SSSR count). The second kappa shape index (κ2) is 5.72. The SMILES string of the molecule is CCCCC(N)CNC1(C)CCCC1. The maximum Gasteiger partial charge on any atom is 0.0165 e. The Morgan fingerprint density at radius 3 is 2.57 bits per heavy atom. The van der Waals surface area contributed by atoms with Gasteiger partial charge in [0.05, 0.1) is 0 Å². The number of nitrogens with one attached hydrogen (secondary N) is 1. The highest BCUT2D eigenvalue weighted by Crippen LogP contribution is 2.28. The molecule has 1 unspecified atom stereocenters. The number of hydrogen-bond donors (Lipinski definition) is 2. The van der Waals surface area contributed by atoms with E-state index in [1.807, 2.05) is 0 Å². The Labute approximate surface area is 88.6 Å². The summed E-state index contributed by atoms with van der Waals surface area (Å²) < 4.78 is 0. The Hall–Kier alpha value is -0.0800. The molecule has 2 heteroatoms. The Bertz CT molecular complexity index is 150. The molecular formula is C12H26N2. The highest BCUT2D eigenvalue weighted by Gasteiger charge is 2.27. The zero-order chi connectivity index (χ0) is 10.4. The Morgan fingerprint density at radius 1 is 1.36 bits per heavy atom. The van der Waals surface area contributed by atoms with Crippen molar-refractivity contribution in [3.05, 3.63) is 0 Å². The lowest BCUT2D eigenvalue weighted by Gasteiger charge is -2.27. The highest BCUT2D eigenvalue weighted by atomic mass is 15.0. The monoisotopic (exact) mass is 198 g/mol. The Morgan fingerprint density at radius 2 is 2.00 bits per heavy atom. The van der Waals surface area contributed by atoms with Crippen molar-refractivity contribution in [3.63, 3.8) is 0 Å². The minimum absolute atomic E-state index is 0.354. The lowest BCUT2D eigenvalue weighted by atomic mass is 10.00. The van der Waals surface area contributed by atoms with E-state index in [2.05, 4.69) is 19.2 Å². The molecule has 1 aliphatic carbocycles. The summed E-state index contributed by atoms with van der Waals surface area (Å²) in [6.07, 6.45) is 9.10. The number of hydrogen-bond acceptors (Lipinski definition) is 2. The van der Waals surface area contributed by atoms with Crippen LogP contribution in [-0.4, -0.2) is 18.1 Å². The summed E-state index contributed by atoms with van der Waals surface area (Å²) in [5.41, 5.74) is 6.43. The van der Waals surface area contributed by atoms with E-state index < -0.39 is 0 Å². The molecule has 0 aliphatic heterocycles. The third kappa shape index (κ3) is 3.97. The second-order valence-electron chi connectivity index (χ2n) is 5.05. The van der Waals surface area contributed by atoms with Crippen LogP contribution < -0.4 is 11.1 Å². The first-order valence-corrected chi connectivity index (χ1v) is 6.17. The summed E-state index contributed by atoms with van der Waals surface area (Å²) in [5.74, 6) is 0. The fourth-order valence-electron chi connectivity index (χ4n) is 2.28. The van der Waals surface area contributed by atoms with E-state index >= 15 is 0 Å². The van der Waals surface area contributed by atoms with E-state index in [-0.39, 0.29) is 0 Å². The van der Waals surface area contributed by atoms with Crippen molar-refractivity contribution < 1.29 is 0 Å². The molecule has 0 aromatic carbocycles. The number of rotatable bonds is 6. The van der Waals surface area contributed by atoms with Gasteiger partial charge in [-0.2, -0.15) is 0 Å². The molecule has 1 atom stereocenters. The maximum absolute atomic E-state index is 6.03. The topological polar surface area (TPSA) is 38.0 Å². The van der Waals surface area contributed by atoms with Gasteiger partial charge in [0.2, 0.25) is 0 Å². The van der Waals surface area contributed by atoms with Gasteiger partial charge in [-0.15, -0.1) is 0 Å². The van der Waals surface area contributed by atoms with Crippen molar-refractivity contribution in [3.8, 4) is 0 Å². The summed E-state index contributed by atoms with van der Waals surface area (Å²) in [4.78, 5) is 0. The van der Waals surface area contributed by atoms with Crippen LogP contribution >= 0.6 is 0 Å². The van der Waals surface area contributed by atoms with Crippen molar-refractivity contribution in [1.82, 2.24) is 5.32 Å². The van der Waals surface area contributed by atoms with Crippen LogP contribution in [0.2, 0.25) is 0 Å². The molecule has 1 fully saturated rings. The first kappa shape index (κ1) is 12.0. The predicted octanol–water partition coefficient (Wildman–Crippen LogP) is 2.43. The molecule has 14 heavy (non-hydrogen) atoms. The summed E-state index contributed by atoms with van der Waals surface area (Å²) in [6, 6.07) is 0.354. The Kier molecular flexibility index (Phi) is 4.90. The van der Waals surface area contributed by atoms with Gasteiger partial charge in [-0.1, -0.05) is 32.6 Å². The number of unbranched alkanes of at least 4 members (excludes halogenated alkanes) is 1. The molecule has 0 saturated heterocycles. The molecule has 1 aliphatic rings. The van der Waals surface area contributed by atoms with Crippen LogP contribution in [0.4, 0.5) is 0 Å². The highest BCUT2D eigenvalue weighted by molar-refractivity contribution is 4.89. The lowest BCUT2D eigenvalue weighted by molar-refractivity contribution is 0.346. The molecule has 0 bridgehead atoms. The van der Waals surface area contributed by atoms with Crippen molar-refractivity contribution in [2.45, 2.75) is 70.4 Å². The second-order valence-corrected chi connectivity index (χ2v) is 5.05. The van der Waals surface area contributed by atoms with Crippen LogP contribution in [-0.2, 0) is 0 Å². The Balaban J connectivity index is 2.12. The van der Waals surface area contributed by atoms with Gasteiger partial charge in [-0.25, -0.2) is 0 Å². The summed E-state index contributed by atoms with van der Waals surface area (Å²) in [7, 11) is 0. The molecular weight excluding hydrogens is 172 g/mol. The smallest absolute Gasteiger partial charge is 0.0165 e. The van der Waals surface area contributed by atoms with Crippen molar-refractivity contribution in [2.24, 2.45) is 5.73 Å². The van der Waals surface area contributed by atoms with Crippen molar-refractivity contribution >= 4 is 0 Å². The molecule has 0 amide bonds. The van der Waals surface area contributed by atoms with Crippen LogP contribution in [0.5, 0.6) is 0 Å². The first-order valence-electron chi connectivity index (χ1n) is 6.17. The number of nitrogens with two attached hydrogens (primary N) is 1. The largest absolute Gasteiger partial charge is 0.327 e. The average molecular weight is 198 g/mol. The van der Waals surface area contributed by atoms with E-state index in [1.54, 1.807) is 0 Å². The van der Waals surface area contributed by atoms with Crippen LogP contribution in [0.25, 0.3) is 0 Å². The van der Waals surface area contributed by atoms with E-state index in [9.17, 15) is 0 Å². The molecule has 0 aromatic heterocycles. The maximum atomic E-state index is 6.03. The van der Waals surface area contributed by atoms with Gasteiger partial charge >= 0.3 is 0 Å². The van der Waals surface area contributed by atoms with Crippen LogP contribution in [0.1, 0.15) is 58.8 Å². The lowest BCUT2D eigenvalue weighted by Crippen LogP contribution is -2.45. The zero-order valence-electron chi connectivity index (χ0n) is 9.81. The quantitative estimate of drug-likeness (QED) is 0.688. The van der Waals surface area contributed by atoms with Crippen LogP contribution in [0.15, 0.2) is 0 Å². The molecule has 0 spiro atoms. The first-order chi connectivity index (χ1) is 6.66. The van der Waals surface area contributed by atoms with E-state index in [1.165, 1.54) is 44.9 Å². The van der Waals surface area contributed by atoms with Gasteiger partial charge in [0.25, 0.3) is 0 Å². The summed E-state index contributed by atoms with van der Waals surface area (Å²) in [5, 5.41) is 3.64. The fraction of sp³-hybridized carbons (Fsp3) is 1.00. The molecule has 0 radical (unpaired) electrons. The molecule has 0 aromatic rings. The van der Waals surface area contributed by atoms with Gasteiger partial charge in [-0.3, -0.25) is 0 Å². The summed E-state index contributed by atoms with van der Waals surface area (Å²) >= 11 is 0. The molecule has 0 heterocycles. The average Bonchev–Trinajstić information content (AvgIpc) is 2.60. The van der Waals surface area contributed by atoms with Crippen molar-refractivity contribution in [1.29, 1.82) is 0 Å². The standard InChI is InChI=1S/C12H26N2/c1-3-4-7-11(13)10-14-12(2)8-5-6-9-12/h11,14H,3-10,13H2,1-2H3. The minimum Gasteiger partial charge on any atom is -0.327 e. The molecule has 1 saturated carbocycles. The fourth-order valence-corrected chi connectivity index (χ4v) is 2.28. The van der Waals surface area contributed by atoms with E-state index in [0.717, 1.165) is 6.54 Å². The predicted molar refractivity (Wildman–Crippen MR) is 62.4 cm³/mol.